The predicted octanol–water partition coefficient (Wildman–Crippen LogP) is 5.68. The summed E-state index contributed by atoms with van der Waals surface area (Å²) in [4.78, 5) is 27.6. The molecule has 3 rings (SSSR count). The van der Waals surface area contributed by atoms with Crippen LogP contribution in [-0.4, -0.2) is 28.2 Å². The minimum Gasteiger partial charge on any atom is -0.503 e. The summed E-state index contributed by atoms with van der Waals surface area (Å²) in [6.07, 6.45) is 0.747. The number of carbonyl (C=O) groups is 2. The van der Waals surface area contributed by atoms with E-state index in [0.717, 1.165) is 16.7 Å². The first kappa shape index (κ1) is 23.7. The Morgan fingerprint density at radius 3 is 2.19 bits per heavy atom. The topological polar surface area (TPSA) is 57.6 Å². The molecule has 170 valence electrons. The van der Waals surface area contributed by atoms with Gasteiger partial charge in [-0.25, -0.2) is 4.39 Å². The van der Waals surface area contributed by atoms with Crippen LogP contribution < -0.4 is 0 Å². The van der Waals surface area contributed by atoms with E-state index >= 15 is 0 Å². The van der Waals surface area contributed by atoms with Crippen molar-refractivity contribution in [1.82, 2.24) is 4.90 Å². The third-order valence-corrected chi connectivity index (χ3v) is 5.84. The molecule has 1 aliphatic heterocycles. The summed E-state index contributed by atoms with van der Waals surface area (Å²) in [5, 5.41) is 10.7. The summed E-state index contributed by atoms with van der Waals surface area (Å²) in [5.41, 5.74) is 2.96. The fraction of sp³-hybridized carbons (Fsp3) is 0.407. The lowest BCUT2D eigenvalue weighted by atomic mass is 9.85. The summed E-state index contributed by atoms with van der Waals surface area (Å²) in [5.74, 6) is -1.41. The second-order valence-electron chi connectivity index (χ2n) is 9.93. The molecule has 1 atom stereocenters. The van der Waals surface area contributed by atoms with Crippen LogP contribution in [0.25, 0.3) is 0 Å². The molecule has 0 spiro atoms. The Kier molecular flexibility index (Phi) is 6.87. The SMILES string of the molecule is CC(C)CC(=O)C1=C(O)C(=O)N(CCc2ccc(F)cc2)C1c1ccc(C(C)(C)C)cc1. The first-order chi connectivity index (χ1) is 15.0. The maximum absolute atomic E-state index is 13.2. The van der Waals surface area contributed by atoms with E-state index in [1.165, 1.54) is 12.1 Å². The lowest BCUT2D eigenvalue weighted by Crippen LogP contribution is -2.33. The number of hydrogen-bond donors (Lipinski definition) is 1. The molecule has 0 saturated heterocycles. The zero-order valence-corrected chi connectivity index (χ0v) is 19.5. The highest BCUT2D eigenvalue weighted by Crippen LogP contribution is 2.39. The van der Waals surface area contributed by atoms with Crippen molar-refractivity contribution in [3.8, 4) is 0 Å². The molecule has 0 bridgehead atoms. The van der Waals surface area contributed by atoms with Crippen molar-refractivity contribution in [3.63, 3.8) is 0 Å². The molecule has 4 nitrogen and oxygen atoms in total. The van der Waals surface area contributed by atoms with E-state index in [4.69, 9.17) is 0 Å². The second-order valence-corrected chi connectivity index (χ2v) is 9.93. The average molecular weight is 438 g/mol. The van der Waals surface area contributed by atoms with Gasteiger partial charge in [-0.05, 0) is 46.6 Å². The minimum absolute atomic E-state index is 0.0272. The van der Waals surface area contributed by atoms with Crippen LogP contribution in [0, 0.1) is 11.7 Å². The third-order valence-electron chi connectivity index (χ3n) is 5.84. The standard InChI is InChI=1S/C27H32FNO3/c1-17(2)16-22(30)23-24(19-8-10-20(11-9-19)27(3,4)5)29(26(32)25(23)31)15-14-18-6-12-21(28)13-7-18/h6-13,17,24,31H,14-16H2,1-5H3. The molecule has 1 N–H and O–H groups in total. The molecule has 0 radical (unpaired) electrons. The molecule has 1 heterocycles. The third kappa shape index (κ3) is 5.09. The Bertz CT molecular complexity index is 1010. The fourth-order valence-electron chi connectivity index (χ4n) is 4.06. The number of rotatable bonds is 7. The average Bonchev–Trinajstić information content (AvgIpc) is 2.97. The molecule has 1 amide bonds. The van der Waals surface area contributed by atoms with E-state index in [1.807, 2.05) is 38.1 Å². The summed E-state index contributed by atoms with van der Waals surface area (Å²) in [6.45, 7) is 10.5. The smallest absolute Gasteiger partial charge is 0.290 e. The first-order valence-corrected chi connectivity index (χ1v) is 11.1. The maximum Gasteiger partial charge on any atom is 0.290 e. The van der Waals surface area contributed by atoms with E-state index in [1.54, 1.807) is 17.0 Å². The van der Waals surface area contributed by atoms with Gasteiger partial charge in [0.15, 0.2) is 11.5 Å². The van der Waals surface area contributed by atoms with Crippen LogP contribution in [0.1, 0.15) is 63.8 Å². The van der Waals surface area contributed by atoms with E-state index < -0.39 is 17.7 Å². The molecule has 0 saturated carbocycles. The van der Waals surface area contributed by atoms with Crippen LogP contribution in [0.4, 0.5) is 4.39 Å². The van der Waals surface area contributed by atoms with Crippen molar-refractivity contribution in [3.05, 3.63) is 82.4 Å². The van der Waals surface area contributed by atoms with Gasteiger partial charge < -0.3 is 10.0 Å². The maximum atomic E-state index is 13.2. The zero-order chi connectivity index (χ0) is 23.6. The molecule has 2 aromatic rings. The molecular weight excluding hydrogens is 405 g/mol. The summed E-state index contributed by atoms with van der Waals surface area (Å²) >= 11 is 0. The van der Waals surface area contributed by atoms with Gasteiger partial charge >= 0.3 is 0 Å². The zero-order valence-electron chi connectivity index (χ0n) is 19.5. The normalized spacial score (nSPS) is 16.9. The molecule has 32 heavy (non-hydrogen) atoms. The fourth-order valence-corrected chi connectivity index (χ4v) is 4.06. The number of benzene rings is 2. The Hall–Kier alpha value is -2.95. The Morgan fingerprint density at radius 1 is 1.06 bits per heavy atom. The molecule has 0 fully saturated rings. The van der Waals surface area contributed by atoms with Gasteiger partial charge in [0.2, 0.25) is 0 Å². The summed E-state index contributed by atoms with van der Waals surface area (Å²) in [7, 11) is 0. The monoisotopic (exact) mass is 437 g/mol. The highest BCUT2D eigenvalue weighted by molar-refractivity contribution is 6.09. The van der Waals surface area contributed by atoms with Crippen molar-refractivity contribution < 1.29 is 19.1 Å². The Labute approximate surface area is 189 Å². The number of aliphatic hydroxyl groups excluding tert-OH is 1. The van der Waals surface area contributed by atoms with Crippen LogP contribution in [-0.2, 0) is 21.4 Å². The van der Waals surface area contributed by atoms with Gasteiger partial charge in [-0.1, -0.05) is 71.0 Å². The van der Waals surface area contributed by atoms with E-state index in [0.29, 0.717) is 13.0 Å². The quantitative estimate of drug-likeness (QED) is 0.607. The van der Waals surface area contributed by atoms with Gasteiger partial charge in [0.25, 0.3) is 5.91 Å². The van der Waals surface area contributed by atoms with Crippen molar-refractivity contribution >= 4 is 11.7 Å². The second kappa shape index (κ2) is 9.27. The molecule has 2 aromatic carbocycles. The number of ketones is 1. The van der Waals surface area contributed by atoms with Crippen molar-refractivity contribution in [2.45, 2.75) is 58.9 Å². The van der Waals surface area contributed by atoms with Gasteiger partial charge in [-0.2, -0.15) is 0 Å². The van der Waals surface area contributed by atoms with Crippen LogP contribution in [0.15, 0.2) is 59.9 Å². The van der Waals surface area contributed by atoms with Gasteiger partial charge in [-0.3, -0.25) is 9.59 Å². The number of Topliss-reactive ketones (excluding diaryl/α,β-unsaturated/α-hetero) is 1. The van der Waals surface area contributed by atoms with Crippen LogP contribution in [0.3, 0.4) is 0 Å². The highest BCUT2D eigenvalue weighted by atomic mass is 19.1. The van der Waals surface area contributed by atoms with E-state index in [-0.39, 0.29) is 34.9 Å². The van der Waals surface area contributed by atoms with Crippen molar-refractivity contribution in [2.75, 3.05) is 6.54 Å². The van der Waals surface area contributed by atoms with Crippen molar-refractivity contribution in [2.24, 2.45) is 5.92 Å². The van der Waals surface area contributed by atoms with E-state index in [2.05, 4.69) is 20.8 Å². The van der Waals surface area contributed by atoms with Crippen LogP contribution in [0.5, 0.6) is 0 Å². The molecule has 1 aliphatic rings. The molecule has 0 aliphatic carbocycles. The lowest BCUT2D eigenvalue weighted by molar-refractivity contribution is -0.129. The number of halogens is 1. The minimum atomic E-state index is -0.636. The van der Waals surface area contributed by atoms with Gasteiger partial charge in [-0.15, -0.1) is 0 Å². The predicted molar refractivity (Wildman–Crippen MR) is 124 cm³/mol. The van der Waals surface area contributed by atoms with Crippen LogP contribution >= 0.6 is 0 Å². The van der Waals surface area contributed by atoms with Gasteiger partial charge in [0, 0.05) is 13.0 Å². The molecule has 0 aromatic heterocycles. The summed E-state index contributed by atoms with van der Waals surface area (Å²) in [6, 6.07) is 13.4. The van der Waals surface area contributed by atoms with Crippen LogP contribution in [0.2, 0.25) is 0 Å². The first-order valence-electron chi connectivity index (χ1n) is 11.1. The largest absolute Gasteiger partial charge is 0.503 e. The number of carbonyl (C=O) groups excluding carboxylic acids is 2. The molecule has 1 unspecified atom stereocenters. The Morgan fingerprint density at radius 2 is 1.66 bits per heavy atom. The number of nitrogens with zero attached hydrogens (tertiary/aromatic N) is 1. The number of aliphatic hydroxyl groups is 1. The highest BCUT2D eigenvalue weighted by Gasteiger charge is 2.43. The summed E-state index contributed by atoms with van der Waals surface area (Å²) < 4.78 is 13.2. The van der Waals surface area contributed by atoms with Gasteiger partial charge in [0.1, 0.15) is 5.82 Å². The number of amides is 1. The molecular formula is C27H32FNO3. The number of hydrogen-bond acceptors (Lipinski definition) is 3. The Balaban J connectivity index is 1.96. The van der Waals surface area contributed by atoms with Crippen molar-refractivity contribution in [1.29, 1.82) is 0 Å². The molecule has 5 heteroatoms. The van der Waals surface area contributed by atoms with Gasteiger partial charge in [0.05, 0.1) is 11.6 Å². The van der Waals surface area contributed by atoms with E-state index in [9.17, 15) is 19.1 Å². The lowest BCUT2D eigenvalue weighted by Gasteiger charge is -2.28.